The van der Waals surface area contributed by atoms with Gasteiger partial charge in [0.15, 0.2) is 0 Å². The molecule has 1 aliphatic carbocycles. The summed E-state index contributed by atoms with van der Waals surface area (Å²) < 4.78 is 0. The quantitative estimate of drug-likeness (QED) is 0.812. The lowest BCUT2D eigenvalue weighted by atomic mass is 9.82. The Hall–Kier alpha value is -2.22. The molecular formula is C20H22O2. The Labute approximate surface area is 131 Å². The fraction of sp³-hybridized carbons (Fsp3) is 0.300. The zero-order valence-corrected chi connectivity index (χ0v) is 13.1. The number of benzene rings is 2. The minimum Gasteiger partial charge on any atom is -0.508 e. The van der Waals surface area contributed by atoms with E-state index in [1.54, 1.807) is 12.1 Å². The smallest absolute Gasteiger partial charge is 0.121 e. The van der Waals surface area contributed by atoms with E-state index in [9.17, 15) is 10.2 Å². The van der Waals surface area contributed by atoms with Crippen LogP contribution in [0.25, 0.3) is 5.57 Å². The predicted molar refractivity (Wildman–Crippen MR) is 90.3 cm³/mol. The van der Waals surface area contributed by atoms with Crippen LogP contribution < -0.4 is 0 Å². The molecule has 0 aliphatic heterocycles. The molecule has 3 rings (SSSR count). The van der Waals surface area contributed by atoms with Gasteiger partial charge in [-0.25, -0.2) is 0 Å². The first kappa shape index (κ1) is 14.7. The Morgan fingerprint density at radius 3 is 2.14 bits per heavy atom. The number of phenolic OH excluding ortho intramolecular Hbond substituents is 2. The highest BCUT2D eigenvalue weighted by molar-refractivity contribution is 5.69. The monoisotopic (exact) mass is 294 g/mol. The number of rotatable bonds is 2. The molecule has 0 fully saturated rings. The molecular weight excluding hydrogens is 272 g/mol. The molecule has 0 radical (unpaired) electrons. The van der Waals surface area contributed by atoms with Gasteiger partial charge in [0.05, 0.1) is 0 Å². The summed E-state index contributed by atoms with van der Waals surface area (Å²) in [6.45, 7) is 3.91. The minimum absolute atomic E-state index is 0.325. The van der Waals surface area contributed by atoms with Crippen molar-refractivity contribution in [2.75, 3.05) is 0 Å². The normalized spacial score (nSPS) is 18.1. The molecule has 0 saturated carbocycles. The molecule has 2 nitrogen and oxygen atoms in total. The number of phenols is 2. The number of allylic oxidation sites excluding steroid dienone is 2. The van der Waals surface area contributed by atoms with E-state index >= 15 is 0 Å². The number of aromatic hydroxyl groups is 2. The van der Waals surface area contributed by atoms with E-state index in [-0.39, 0.29) is 0 Å². The molecule has 0 amide bonds. The third-order valence-electron chi connectivity index (χ3n) is 4.64. The fourth-order valence-corrected chi connectivity index (χ4v) is 3.29. The molecule has 1 atom stereocenters. The third kappa shape index (κ3) is 2.87. The van der Waals surface area contributed by atoms with Crippen LogP contribution in [0, 0.1) is 13.8 Å². The Balaban J connectivity index is 1.80. The van der Waals surface area contributed by atoms with Crippen molar-refractivity contribution in [3.63, 3.8) is 0 Å². The molecule has 2 N–H and O–H groups in total. The largest absolute Gasteiger partial charge is 0.508 e. The maximum Gasteiger partial charge on any atom is 0.121 e. The lowest BCUT2D eigenvalue weighted by Crippen LogP contribution is -2.04. The topological polar surface area (TPSA) is 40.5 Å². The molecule has 22 heavy (non-hydrogen) atoms. The second-order valence-corrected chi connectivity index (χ2v) is 6.25. The van der Waals surface area contributed by atoms with Crippen LogP contribution in [0.3, 0.4) is 0 Å². The van der Waals surface area contributed by atoms with Crippen molar-refractivity contribution in [2.45, 2.75) is 39.0 Å². The molecule has 0 heterocycles. The van der Waals surface area contributed by atoms with Gasteiger partial charge in [0.2, 0.25) is 0 Å². The highest BCUT2D eigenvalue weighted by Gasteiger charge is 2.18. The maximum absolute atomic E-state index is 9.90. The van der Waals surface area contributed by atoms with E-state index in [4.69, 9.17) is 0 Å². The van der Waals surface area contributed by atoms with E-state index in [1.807, 2.05) is 26.0 Å². The molecule has 2 heteroatoms. The molecule has 114 valence electrons. The fourth-order valence-electron chi connectivity index (χ4n) is 3.29. The van der Waals surface area contributed by atoms with Gasteiger partial charge in [0.1, 0.15) is 11.5 Å². The van der Waals surface area contributed by atoms with Crippen molar-refractivity contribution in [3.05, 3.63) is 64.7 Å². The summed E-state index contributed by atoms with van der Waals surface area (Å²) in [6.07, 6.45) is 5.52. The summed E-state index contributed by atoms with van der Waals surface area (Å²) in [4.78, 5) is 0. The second kappa shape index (κ2) is 5.88. The highest BCUT2D eigenvalue weighted by atomic mass is 16.3. The third-order valence-corrected chi connectivity index (χ3v) is 4.64. The summed E-state index contributed by atoms with van der Waals surface area (Å²) >= 11 is 0. The Bertz CT molecular complexity index is 688. The van der Waals surface area contributed by atoms with Crippen LogP contribution in [0.2, 0.25) is 0 Å². The molecule has 1 unspecified atom stereocenters. The number of hydrogen-bond acceptors (Lipinski definition) is 2. The summed E-state index contributed by atoms with van der Waals surface area (Å²) in [5.41, 5.74) is 5.79. The first-order chi connectivity index (χ1) is 10.5. The van der Waals surface area contributed by atoms with Crippen molar-refractivity contribution in [1.82, 2.24) is 0 Å². The number of aryl methyl sites for hydroxylation is 2. The molecule has 0 aromatic heterocycles. The first-order valence-corrected chi connectivity index (χ1v) is 7.83. The van der Waals surface area contributed by atoms with Crippen LogP contribution in [0.15, 0.2) is 42.5 Å². The van der Waals surface area contributed by atoms with Gasteiger partial charge in [-0.1, -0.05) is 18.2 Å². The van der Waals surface area contributed by atoms with Crippen molar-refractivity contribution >= 4 is 5.57 Å². The molecule has 1 aliphatic rings. The van der Waals surface area contributed by atoms with E-state index in [2.05, 4.69) is 18.2 Å². The zero-order valence-electron chi connectivity index (χ0n) is 13.1. The van der Waals surface area contributed by atoms with Crippen LogP contribution >= 0.6 is 0 Å². The van der Waals surface area contributed by atoms with Gasteiger partial charge >= 0.3 is 0 Å². The molecule has 2 aromatic rings. The van der Waals surface area contributed by atoms with Crippen LogP contribution in [0.5, 0.6) is 11.5 Å². The van der Waals surface area contributed by atoms with Gasteiger partial charge in [-0.3, -0.25) is 0 Å². The Morgan fingerprint density at radius 2 is 1.59 bits per heavy atom. The van der Waals surface area contributed by atoms with E-state index < -0.39 is 0 Å². The van der Waals surface area contributed by atoms with Crippen LogP contribution in [-0.2, 0) is 0 Å². The lowest BCUT2D eigenvalue weighted by molar-refractivity contribution is 0.466. The average Bonchev–Trinajstić information content (AvgIpc) is 2.53. The number of hydrogen-bond donors (Lipinski definition) is 2. The van der Waals surface area contributed by atoms with Gasteiger partial charge in [0.25, 0.3) is 0 Å². The Morgan fingerprint density at radius 1 is 0.955 bits per heavy atom. The minimum atomic E-state index is 0.325. The molecule has 2 aromatic carbocycles. The zero-order chi connectivity index (χ0) is 15.7. The summed E-state index contributed by atoms with van der Waals surface area (Å²) in [5, 5.41) is 19.3. The lowest BCUT2D eigenvalue weighted by Gasteiger charge is -2.23. The van der Waals surface area contributed by atoms with Crippen LogP contribution in [-0.4, -0.2) is 10.2 Å². The van der Waals surface area contributed by atoms with Gasteiger partial charge < -0.3 is 10.2 Å². The van der Waals surface area contributed by atoms with Crippen molar-refractivity contribution in [2.24, 2.45) is 0 Å². The van der Waals surface area contributed by atoms with Gasteiger partial charge in [0, 0.05) is 0 Å². The predicted octanol–water partition coefficient (Wildman–Crippen LogP) is 5.07. The Kier molecular flexibility index (Phi) is 3.93. The van der Waals surface area contributed by atoms with Crippen LogP contribution in [0.1, 0.15) is 47.4 Å². The SMILES string of the molecule is Cc1cc(C2=CCC(c3ccc(O)cc3)CC2)cc(C)c1O. The van der Waals surface area contributed by atoms with Gasteiger partial charge in [-0.2, -0.15) is 0 Å². The van der Waals surface area contributed by atoms with E-state index in [1.165, 1.54) is 16.7 Å². The van der Waals surface area contributed by atoms with Crippen molar-refractivity contribution < 1.29 is 10.2 Å². The summed E-state index contributed by atoms with van der Waals surface area (Å²) in [7, 11) is 0. The average molecular weight is 294 g/mol. The van der Waals surface area contributed by atoms with Gasteiger partial charge in [-0.05, 0) is 91.1 Å². The van der Waals surface area contributed by atoms with Crippen molar-refractivity contribution in [1.29, 1.82) is 0 Å². The van der Waals surface area contributed by atoms with Crippen molar-refractivity contribution in [3.8, 4) is 11.5 Å². The highest BCUT2D eigenvalue weighted by Crippen LogP contribution is 2.37. The summed E-state index contributed by atoms with van der Waals surface area (Å²) in [5.74, 6) is 1.26. The standard InChI is InChI=1S/C20H22O2/c1-13-11-18(12-14(2)20(13)22)17-5-3-15(4-6-17)16-7-9-19(21)10-8-16/h5,7-12,15,21-22H,3-4,6H2,1-2H3. The summed E-state index contributed by atoms with van der Waals surface area (Å²) in [6, 6.07) is 11.7. The van der Waals surface area contributed by atoms with E-state index in [0.717, 1.165) is 30.4 Å². The molecule has 0 saturated heterocycles. The molecule has 0 bridgehead atoms. The maximum atomic E-state index is 9.90. The first-order valence-electron chi connectivity index (χ1n) is 7.83. The second-order valence-electron chi connectivity index (χ2n) is 6.25. The molecule has 0 spiro atoms. The van der Waals surface area contributed by atoms with Crippen LogP contribution in [0.4, 0.5) is 0 Å². The van der Waals surface area contributed by atoms with E-state index in [0.29, 0.717) is 17.4 Å². The van der Waals surface area contributed by atoms with Gasteiger partial charge in [-0.15, -0.1) is 0 Å².